The van der Waals surface area contributed by atoms with Crippen LogP contribution in [0.15, 0.2) is 60.8 Å². The Bertz CT molecular complexity index is 1320. The van der Waals surface area contributed by atoms with Crippen LogP contribution in [0.5, 0.6) is 0 Å². The highest BCUT2D eigenvalue weighted by Crippen LogP contribution is 2.30. The predicted molar refractivity (Wildman–Crippen MR) is 254 cm³/mol. The fourth-order valence-corrected chi connectivity index (χ4v) is 7.92. The van der Waals surface area contributed by atoms with Crippen molar-refractivity contribution in [2.24, 2.45) is 0 Å². The van der Waals surface area contributed by atoms with Crippen LogP contribution < -0.4 is 5.32 Å². The second-order valence-electron chi connectivity index (χ2n) is 17.6. The molecule has 14 heteroatoms. The lowest BCUT2D eigenvalue weighted by atomic mass is 9.97. The van der Waals surface area contributed by atoms with E-state index in [-0.39, 0.29) is 18.9 Å². The summed E-state index contributed by atoms with van der Waals surface area (Å²) in [6.45, 7) is 2.68. The molecule has 9 N–H and O–H groups in total. The number of aliphatic hydroxyl groups is 8. The molecule has 0 aromatic heterocycles. The van der Waals surface area contributed by atoms with Crippen LogP contribution in [0.3, 0.4) is 0 Å². The standard InChI is InChI=1S/C51H89NO13/c1-3-5-7-9-11-13-15-17-19-20-21-23-25-27-29-31-33-35-43(56)52-39(40(55)34-32-30-28-26-24-22-18-16-14-12-10-8-6-4-2)38-62-50-48(61)46(59)49(42(37-54)64-50)65-51-47(60)45(58)44(57)41(36-53)63-51/h5,7,11,13,17,19,21,23,27,29,39-42,44-51,53-55,57-61H,3-4,6,8-10,12,14-16,18,20,22,24-26,28,30-38H2,1-2H3,(H,52,56)/b7-5-,13-11-,19-17-,23-21-,29-27-. The van der Waals surface area contributed by atoms with Crippen molar-refractivity contribution < 1.29 is 64.6 Å². The second-order valence-corrected chi connectivity index (χ2v) is 17.6. The molecule has 0 radical (unpaired) electrons. The van der Waals surface area contributed by atoms with Crippen molar-refractivity contribution in [3.8, 4) is 0 Å². The summed E-state index contributed by atoms with van der Waals surface area (Å²) in [6, 6.07) is -0.859. The maximum atomic E-state index is 13.2. The maximum absolute atomic E-state index is 13.2. The van der Waals surface area contributed by atoms with E-state index < -0.39 is 86.8 Å². The van der Waals surface area contributed by atoms with Gasteiger partial charge < -0.3 is 65.1 Å². The second kappa shape index (κ2) is 37.6. The molecule has 376 valence electrons. The summed E-state index contributed by atoms with van der Waals surface area (Å²) in [5, 5.41) is 86.8. The van der Waals surface area contributed by atoms with Gasteiger partial charge in [0.2, 0.25) is 5.91 Å². The van der Waals surface area contributed by atoms with Crippen molar-refractivity contribution in [2.75, 3.05) is 19.8 Å². The van der Waals surface area contributed by atoms with Gasteiger partial charge in [-0.05, 0) is 51.4 Å². The Kier molecular flexibility index (Phi) is 34.1. The van der Waals surface area contributed by atoms with E-state index in [4.69, 9.17) is 18.9 Å². The molecule has 0 aromatic carbocycles. The van der Waals surface area contributed by atoms with E-state index in [9.17, 15) is 45.6 Å². The van der Waals surface area contributed by atoms with E-state index in [2.05, 4.69) is 79.9 Å². The number of ether oxygens (including phenoxy) is 4. The Labute approximate surface area is 390 Å². The van der Waals surface area contributed by atoms with Crippen molar-refractivity contribution in [3.63, 3.8) is 0 Å². The van der Waals surface area contributed by atoms with Crippen molar-refractivity contribution >= 4 is 5.91 Å². The van der Waals surface area contributed by atoms with Crippen LogP contribution in [-0.4, -0.2) is 140 Å². The normalized spacial score (nSPS) is 27.5. The van der Waals surface area contributed by atoms with Crippen LogP contribution >= 0.6 is 0 Å². The first-order chi connectivity index (χ1) is 31.6. The largest absolute Gasteiger partial charge is 0.394 e. The fourth-order valence-electron chi connectivity index (χ4n) is 7.92. The number of unbranched alkanes of at least 4 members (excludes halogenated alkanes) is 14. The molecule has 2 heterocycles. The van der Waals surface area contributed by atoms with Gasteiger partial charge in [0.05, 0.1) is 32.0 Å². The minimum Gasteiger partial charge on any atom is -0.394 e. The average molecular weight is 924 g/mol. The van der Waals surface area contributed by atoms with Gasteiger partial charge in [-0.1, -0.05) is 164 Å². The molecule has 2 aliphatic rings. The first kappa shape index (κ1) is 58.8. The van der Waals surface area contributed by atoms with Gasteiger partial charge in [-0.25, -0.2) is 0 Å². The third-order valence-corrected chi connectivity index (χ3v) is 12.0. The number of nitrogens with one attached hydrogen (secondary N) is 1. The van der Waals surface area contributed by atoms with Crippen LogP contribution in [0.1, 0.15) is 162 Å². The minimum atomic E-state index is -1.79. The fraction of sp³-hybridized carbons (Fsp3) is 0.784. The van der Waals surface area contributed by atoms with E-state index in [0.717, 1.165) is 57.8 Å². The molecule has 0 bridgehead atoms. The lowest BCUT2D eigenvalue weighted by Gasteiger charge is -2.46. The lowest BCUT2D eigenvalue weighted by Crippen LogP contribution is -2.65. The van der Waals surface area contributed by atoms with Crippen molar-refractivity contribution in [3.05, 3.63) is 60.8 Å². The molecule has 1 amide bonds. The third-order valence-electron chi connectivity index (χ3n) is 12.0. The molecule has 2 rings (SSSR count). The highest BCUT2D eigenvalue weighted by Gasteiger charge is 2.51. The minimum absolute atomic E-state index is 0.223. The van der Waals surface area contributed by atoms with E-state index in [1.54, 1.807) is 0 Å². The zero-order chi connectivity index (χ0) is 47.5. The monoisotopic (exact) mass is 924 g/mol. The molecule has 2 fully saturated rings. The molecule has 65 heavy (non-hydrogen) atoms. The first-order valence-corrected chi connectivity index (χ1v) is 25.0. The smallest absolute Gasteiger partial charge is 0.220 e. The summed E-state index contributed by atoms with van der Waals surface area (Å²) in [7, 11) is 0. The molecule has 12 atom stereocenters. The van der Waals surface area contributed by atoms with Gasteiger partial charge in [-0.2, -0.15) is 0 Å². The van der Waals surface area contributed by atoms with E-state index >= 15 is 0 Å². The van der Waals surface area contributed by atoms with Crippen LogP contribution in [-0.2, 0) is 23.7 Å². The molecule has 12 unspecified atom stereocenters. The molecule has 0 aromatic rings. The Balaban J connectivity index is 1.88. The van der Waals surface area contributed by atoms with Gasteiger partial charge in [0.1, 0.15) is 48.8 Å². The van der Waals surface area contributed by atoms with Gasteiger partial charge in [-0.15, -0.1) is 0 Å². The summed E-state index contributed by atoms with van der Waals surface area (Å²) in [6.07, 6.45) is 28.0. The molecular formula is C51H89NO13. The summed E-state index contributed by atoms with van der Waals surface area (Å²) in [5.74, 6) is -0.266. The summed E-state index contributed by atoms with van der Waals surface area (Å²) in [4.78, 5) is 13.2. The molecule has 0 saturated carbocycles. The number of amides is 1. The number of carbonyl (C=O) groups is 1. The molecule has 0 aliphatic carbocycles. The topological polar surface area (TPSA) is 228 Å². The Morgan fingerprint density at radius 2 is 1.05 bits per heavy atom. The number of hydrogen-bond acceptors (Lipinski definition) is 13. The van der Waals surface area contributed by atoms with E-state index in [0.29, 0.717) is 19.3 Å². The molecule has 2 saturated heterocycles. The summed E-state index contributed by atoms with van der Waals surface area (Å²) in [5.41, 5.74) is 0. The zero-order valence-electron chi connectivity index (χ0n) is 39.7. The van der Waals surface area contributed by atoms with E-state index in [1.165, 1.54) is 64.2 Å². The molecule has 2 aliphatic heterocycles. The molecule has 0 spiro atoms. The van der Waals surface area contributed by atoms with Crippen LogP contribution in [0.4, 0.5) is 0 Å². The third kappa shape index (κ3) is 25.0. The molecule has 14 nitrogen and oxygen atoms in total. The lowest BCUT2D eigenvalue weighted by molar-refractivity contribution is -0.359. The maximum Gasteiger partial charge on any atom is 0.220 e. The summed E-state index contributed by atoms with van der Waals surface area (Å²) < 4.78 is 22.7. The van der Waals surface area contributed by atoms with Gasteiger partial charge in [0.25, 0.3) is 0 Å². The quantitative estimate of drug-likeness (QED) is 0.0248. The summed E-state index contributed by atoms with van der Waals surface area (Å²) >= 11 is 0. The number of hydrogen-bond donors (Lipinski definition) is 9. The van der Waals surface area contributed by atoms with Crippen LogP contribution in [0, 0.1) is 0 Å². The number of aliphatic hydroxyl groups excluding tert-OH is 8. The van der Waals surface area contributed by atoms with Crippen molar-refractivity contribution in [1.29, 1.82) is 0 Å². The van der Waals surface area contributed by atoms with Gasteiger partial charge in [0.15, 0.2) is 12.6 Å². The van der Waals surface area contributed by atoms with Crippen LogP contribution in [0.2, 0.25) is 0 Å². The predicted octanol–water partition coefficient (Wildman–Crippen LogP) is 6.27. The van der Waals surface area contributed by atoms with Gasteiger partial charge >= 0.3 is 0 Å². The van der Waals surface area contributed by atoms with E-state index in [1.807, 2.05) is 0 Å². The molecular weight excluding hydrogens is 835 g/mol. The first-order valence-electron chi connectivity index (χ1n) is 25.0. The number of rotatable bonds is 37. The Morgan fingerprint density at radius 3 is 1.57 bits per heavy atom. The van der Waals surface area contributed by atoms with Crippen molar-refractivity contribution in [1.82, 2.24) is 5.32 Å². The number of carbonyl (C=O) groups excluding carboxylic acids is 1. The van der Waals surface area contributed by atoms with Gasteiger partial charge in [0, 0.05) is 6.42 Å². The zero-order valence-corrected chi connectivity index (χ0v) is 39.7. The average Bonchev–Trinajstić information content (AvgIpc) is 3.30. The number of allylic oxidation sites excluding steroid dienone is 10. The van der Waals surface area contributed by atoms with Crippen LogP contribution in [0.25, 0.3) is 0 Å². The highest BCUT2D eigenvalue weighted by molar-refractivity contribution is 5.76. The highest BCUT2D eigenvalue weighted by atomic mass is 16.7. The van der Waals surface area contributed by atoms with Gasteiger partial charge in [-0.3, -0.25) is 4.79 Å². The Morgan fingerprint density at radius 1 is 0.569 bits per heavy atom. The SMILES string of the molecule is CC/C=C\C/C=C\C/C=C\C/C=C\C/C=C\CCCC(=O)NC(COC1OC(CO)C(OC2OC(CO)C(O)C(O)C2O)C(O)C1O)C(O)CCCCCCCCCCCCCCCC. The Hall–Kier alpha value is -2.31. The van der Waals surface area contributed by atoms with Crippen molar-refractivity contribution in [2.45, 2.75) is 235 Å².